The smallest absolute Gasteiger partial charge is 0.242 e. The Kier molecular flexibility index (Phi) is 2.70. The van der Waals surface area contributed by atoms with Crippen molar-refractivity contribution in [3.63, 3.8) is 0 Å². The molecule has 0 bridgehead atoms. The fourth-order valence-corrected chi connectivity index (χ4v) is 1.39. The van der Waals surface area contributed by atoms with Crippen LogP contribution < -0.4 is 16.4 Å². The lowest BCUT2D eigenvalue weighted by atomic mass is 10.2. The lowest BCUT2D eigenvalue weighted by Crippen LogP contribution is -2.44. The van der Waals surface area contributed by atoms with Gasteiger partial charge in [-0.1, -0.05) is 0 Å². The molecule has 15 heavy (non-hydrogen) atoms. The second-order valence-electron chi connectivity index (χ2n) is 3.75. The molecule has 82 valence electrons. The van der Waals surface area contributed by atoms with Crippen molar-refractivity contribution in [2.75, 3.05) is 18.4 Å². The molecule has 1 atom stereocenters. The largest absolute Gasteiger partial charge is 0.320 e. The van der Waals surface area contributed by atoms with Crippen LogP contribution in [0.4, 0.5) is 5.82 Å². The molecular weight excluding hydrogens is 194 g/mol. The zero-order valence-corrected chi connectivity index (χ0v) is 8.60. The van der Waals surface area contributed by atoms with E-state index in [0.29, 0.717) is 11.9 Å². The Balaban J connectivity index is 2.07. The quantitative estimate of drug-likeness (QED) is 0.615. The highest BCUT2D eigenvalue weighted by atomic mass is 16.2. The molecule has 0 aliphatic carbocycles. The van der Waals surface area contributed by atoms with Crippen molar-refractivity contribution in [1.82, 2.24) is 15.1 Å². The molecule has 2 heterocycles. The second-order valence-corrected chi connectivity index (χ2v) is 3.75. The molecule has 1 aromatic rings. The Morgan fingerprint density at radius 3 is 3.07 bits per heavy atom. The third-order valence-corrected chi connectivity index (χ3v) is 2.44. The molecule has 1 aromatic heterocycles. The van der Waals surface area contributed by atoms with Crippen molar-refractivity contribution in [1.29, 1.82) is 0 Å². The average molecular weight is 209 g/mol. The summed E-state index contributed by atoms with van der Waals surface area (Å²) in [7, 11) is 0. The lowest BCUT2D eigenvalue weighted by Gasteiger charge is -2.28. The van der Waals surface area contributed by atoms with Crippen molar-refractivity contribution < 1.29 is 4.79 Å². The lowest BCUT2D eigenvalue weighted by molar-refractivity contribution is -0.117. The topological polar surface area (TPSA) is 85.0 Å². The van der Waals surface area contributed by atoms with Crippen LogP contribution in [0.15, 0.2) is 12.3 Å². The standard InChI is InChI=1S/C9H15N5O/c1-6(10)9(15)13-8-2-3-12-14(8)7-4-11-5-7/h2-3,6-7,11H,4-5,10H2,1H3,(H,13,15)/t6-/m1/s1. The van der Waals surface area contributed by atoms with Gasteiger partial charge in [0.05, 0.1) is 18.3 Å². The van der Waals surface area contributed by atoms with Gasteiger partial charge in [0.1, 0.15) is 5.82 Å². The summed E-state index contributed by atoms with van der Waals surface area (Å²) >= 11 is 0. The van der Waals surface area contributed by atoms with E-state index in [1.165, 1.54) is 0 Å². The summed E-state index contributed by atoms with van der Waals surface area (Å²) in [5.74, 6) is 0.521. The van der Waals surface area contributed by atoms with Crippen LogP contribution in [0.25, 0.3) is 0 Å². The number of nitrogens with one attached hydrogen (secondary N) is 2. The number of carbonyl (C=O) groups is 1. The van der Waals surface area contributed by atoms with Crippen molar-refractivity contribution >= 4 is 11.7 Å². The summed E-state index contributed by atoms with van der Waals surface area (Å²) in [4.78, 5) is 11.4. The number of nitrogens with two attached hydrogens (primary N) is 1. The van der Waals surface area contributed by atoms with Gasteiger partial charge in [-0.25, -0.2) is 4.68 Å². The summed E-state index contributed by atoms with van der Waals surface area (Å²) in [5.41, 5.74) is 5.47. The van der Waals surface area contributed by atoms with E-state index in [2.05, 4.69) is 15.7 Å². The maximum absolute atomic E-state index is 11.4. The minimum Gasteiger partial charge on any atom is -0.320 e. The number of amides is 1. The predicted octanol–water partition coefficient (Wildman–Crippen LogP) is -0.687. The first kappa shape index (κ1) is 10.1. The molecule has 1 amide bonds. The third kappa shape index (κ3) is 2.00. The van der Waals surface area contributed by atoms with Crippen LogP contribution in [0.3, 0.4) is 0 Å². The van der Waals surface area contributed by atoms with Gasteiger partial charge >= 0.3 is 0 Å². The summed E-state index contributed by atoms with van der Waals surface area (Å²) in [5, 5.41) is 10.1. The van der Waals surface area contributed by atoms with Crippen LogP contribution >= 0.6 is 0 Å². The van der Waals surface area contributed by atoms with Crippen LogP contribution in [0, 0.1) is 0 Å². The van der Waals surface area contributed by atoms with Gasteiger partial charge in [0.25, 0.3) is 0 Å². The van der Waals surface area contributed by atoms with E-state index in [1.807, 2.05) is 4.68 Å². The van der Waals surface area contributed by atoms with Gasteiger partial charge < -0.3 is 16.4 Å². The van der Waals surface area contributed by atoms with E-state index in [0.717, 1.165) is 13.1 Å². The van der Waals surface area contributed by atoms with Gasteiger partial charge in [0.15, 0.2) is 0 Å². The minimum atomic E-state index is -0.507. The monoisotopic (exact) mass is 209 g/mol. The van der Waals surface area contributed by atoms with Gasteiger partial charge in [-0.05, 0) is 6.92 Å². The predicted molar refractivity (Wildman–Crippen MR) is 56.4 cm³/mol. The van der Waals surface area contributed by atoms with Gasteiger partial charge in [-0.15, -0.1) is 0 Å². The van der Waals surface area contributed by atoms with E-state index in [-0.39, 0.29) is 5.91 Å². The fraction of sp³-hybridized carbons (Fsp3) is 0.556. The Labute approximate surface area is 87.8 Å². The Bertz CT molecular complexity index is 355. The van der Waals surface area contributed by atoms with E-state index < -0.39 is 6.04 Å². The molecule has 0 unspecified atom stereocenters. The number of nitrogens with zero attached hydrogens (tertiary/aromatic N) is 2. The highest BCUT2D eigenvalue weighted by Gasteiger charge is 2.22. The Hall–Kier alpha value is -1.40. The summed E-state index contributed by atoms with van der Waals surface area (Å²) in [6.45, 7) is 3.44. The van der Waals surface area contributed by atoms with Gasteiger partial charge in [-0.2, -0.15) is 5.10 Å². The average Bonchev–Trinajstić information content (AvgIpc) is 2.50. The highest BCUT2D eigenvalue weighted by Crippen LogP contribution is 2.17. The van der Waals surface area contributed by atoms with Crippen LogP contribution in [0.1, 0.15) is 13.0 Å². The van der Waals surface area contributed by atoms with E-state index in [4.69, 9.17) is 5.73 Å². The zero-order valence-electron chi connectivity index (χ0n) is 8.60. The maximum Gasteiger partial charge on any atom is 0.242 e. The molecule has 4 N–H and O–H groups in total. The van der Waals surface area contributed by atoms with Crippen LogP contribution in [-0.4, -0.2) is 34.8 Å². The molecule has 0 radical (unpaired) electrons. The number of anilines is 1. The molecule has 2 rings (SSSR count). The van der Waals surface area contributed by atoms with Gasteiger partial charge in [0.2, 0.25) is 5.91 Å². The zero-order chi connectivity index (χ0) is 10.8. The Morgan fingerprint density at radius 1 is 1.80 bits per heavy atom. The van der Waals surface area contributed by atoms with E-state index in [9.17, 15) is 4.79 Å². The highest BCUT2D eigenvalue weighted by molar-refractivity contribution is 5.93. The normalized spacial score (nSPS) is 18.3. The van der Waals surface area contributed by atoms with E-state index in [1.54, 1.807) is 19.2 Å². The van der Waals surface area contributed by atoms with Gasteiger partial charge in [0, 0.05) is 19.2 Å². The molecule has 1 saturated heterocycles. The number of hydrogen-bond acceptors (Lipinski definition) is 4. The fourth-order valence-electron chi connectivity index (χ4n) is 1.39. The molecule has 6 heteroatoms. The Morgan fingerprint density at radius 2 is 2.53 bits per heavy atom. The maximum atomic E-state index is 11.4. The third-order valence-electron chi connectivity index (χ3n) is 2.44. The number of aromatic nitrogens is 2. The number of rotatable bonds is 3. The summed E-state index contributed by atoms with van der Waals surface area (Å²) < 4.78 is 1.82. The molecule has 1 fully saturated rings. The first-order valence-electron chi connectivity index (χ1n) is 4.99. The van der Waals surface area contributed by atoms with Gasteiger partial charge in [-0.3, -0.25) is 4.79 Å². The molecule has 1 aliphatic heterocycles. The molecule has 0 saturated carbocycles. The van der Waals surface area contributed by atoms with Crippen molar-refractivity contribution in [3.05, 3.63) is 12.3 Å². The number of carbonyl (C=O) groups excluding carboxylic acids is 1. The minimum absolute atomic E-state index is 0.191. The molecule has 6 nitrogen and oxygen atoms in total. The molecule has 0 spiro atoms. The summed E-state index contributed by atoms with van der Waals surface area (Å²) in [6, 6.07) is 1.61. The van der Waals surface area contributed by atoms with Crippen molar-refractivity contribution in [3.8, 4) is 0 Å². The SMILES string of the molecule is C[C@@H](N)C(=O)Nc1ccnn1C1CNC1. The van der Waals surface area contributed by atoms with Crippen LogP contribution in [0.5, 0.6) is 0 Å². The molecule has 0 aromatic carbocycles. The van der Waals surface area contributed by atoms with E-state index >= 15 is 0 Å². The number of hydrogen-bond donors (Lipinski definition) is 3. The summed E-state index contributed by atoms with van der Waals surface area (Å²) in [6.07, 6.45) is 1.68. The first-order valence-corrected chi connectivity index (χ1v) is 4.99. The van der Waals surface area contributed by atoms with Crippen LogP contribution in [-0.2, 0) is 4.79 Å². The molecular formula is C9H15N5O. The molecule has 1 aliphatic rings. The van der Waals surface area contributed by atoms with Crippen LogP contribution in [0.2, 0.25) is 0 Å². The second kappa shape index (κ2) is 4.00. The first-order chi connectivity index (χ1) is 7.18. The van der Waals surface area contributed by atoms with Crippen molar-refractivity contribution in [2.24, 2.45) is 5.73 Å². The van der Waals surface area contributed by atoms with Crippen molar-refractivity contribution in [2.45, 2.75) is 19.0 Å².